The molecular weight excluding hydrogens is 240 g/mol. The highest BCUT2D eigenvalue weighted by Crippen LogP contribution is 2.13. The van der Waals surface area contributed by atoms with E-state index in [0.29, 0.717) is 17.0 Å². The van der Waals surface area contributed by atoms with E-state index in [1.165, 1.54) is 0 Å². The molecule has 0 aliphatic heterocycles. The van der Waals surface area contributed by atoms with Crippen LogP contribution in [-0.4, -0.2) is 17.5 Å². The third-order valence-corrected chi connectivity index (χ3v) is 2.38. The Morgan fingerprint density at radius 2 is 1.89 bits per heavy atom. The van der Waals surface area contributed by atoms with Gasteiger partial charge in [0.05, 0.1) is 0 Å². The van der Waals surface area contributed by atoms with E-state index in [-0.39, 0.29) is 12.5 Å². The molecule has 0 spiro atoms. The van der Waals surface area contributed by atoms with Gasteiger partial charge < -0.3 is 10.1 Å². The van der Waals surface area contributed by atoms with Gasteiger partial charge in [0.2, 0.25) is 0 Å². The molecule has 2 rings (SSSR count). The first-order valence-electron chi connectivity index (χ1n) is 5.67. The van der Waals surface area contributed by atoms with E-state index in [9.17, 15) is 4.79 Å². The number of nitrogens with zero attached hydrogens (tertiary/aromatic N) is 1. The van der Waals surface area contributed by atoms with Crippen LogP contribution in [0.4, 0.5) is 5.69 Å². The highest BCUT2D eigenvalue weighted by molar-refractivity contribution is 6.04. The maximum atomic E-state index is 11.9. The number of benzene rings is 1. The molecule has 0 saturated heterocycles. The van der Waals surface area contributed by atoms with Crippen LogP contribution in [-0.2, 0) is 0 Å². The smallest absolute Gasteiger partial charge is 0.255 e. The van der Waals surface area contributed by atoms with Crippen molar-refractivity contribution in [1.82, 2.24) is 4.98 Å². The fraction of sp³-hybridized carbons (Fsp3) is 0.0667. The van der Waals surface area contributed by atoms with Crippen molar-refractivity contribution in [2.75, 3.05) is 11.9 Å². The molecule has 1 amide bonds. The van der Waals surface area contributed by atoms with Gasteiger partial charge in [0.15, 0.2) is 0 Å². The van der Waals surface area contributed by atoms with E-state index in [1.54, 1.807) is 48.8 Å². The topological polar surface area (TPSA) is 51.2 Å². The van der Waals surface area contributed by atoms with Crippen molar-refractivity contribution in [1.29, 1.82) is 0 Å². The largest absolute Gasteiger partial charge is 0.481 e. The van der Waals surface area contributed by atoms with E-state index < -0.39 is 0 Å². The van der Waals surface area contributed by atoms with Crippen LogP contribution in [0.2, 0.25) is 0 Å². The number of aromatic nitrogens is 1. The Hall–Kier alpha value is -2.80. The maximum Gasteiger partial charge on any atom is 0.255 e. The van der Waals surface area contributed by atoms with E-state index in [2.05, 4.69) is 16.2 Å². The molecule has 1 N–H and O–H groups in total. The Morgan fingerprint density at radius 1 is 1.21 bits per heavy atom. The van der Waals surface area contributed by atoms with E-state index in [0.717, 1.165) is 0 Å². The lowest BCUT2D eigenvalue weighted by Gasteiger charge is -2.06. The minimum atomic E-state index is -0.185. The predicted octanol–water partition coefficient (Wildman–Crippen LogP) is 2.35. The molecule has 0 unspecified atom stereocenters. The van der Waals surface area contributed by atoms with Crippen molar-refractivity contribution in [2.24, 2.45) is 0 Å². The summed E-state index contributed by atoms with van der Waals surface area (Å²) in [5.74, 6) is 2.83. The Bertz CT molecular complexity index is 586. The van der Waals surface area contributed by atoms with Crippen LogP contribution in [0.25, 0.3) is 0 Å². The third-order valence-electron chi connectivity index (χ3n) is 2.38. The third kappa shape index (κ3) is 3.58. The predicted molar refractivity (Wildman–Crippen MR) is 73.0 cm³/mol. The molecule has 0 aliphatic carbocycles. The number of amides is 1. The van der Waals surface area contributed by atoms with Gasteiger partial charge in [-0.3, -0.25) is 9.78 Å². The number of anilines is 1. The molecule has 0 radical (unpaired) electrons. The van der Waals surface area contributed by atoms with Gasteiger partial charge in [-0.15, -0.1) is 6.42 Å². The molecule has 2 aromatic rings. The highest BCUT2D eigenvalue weighted by Gasteiger charge is 2.05. The van der Waals surface area contributed by atoms with Gasteiger partial charge in [0.1, 0.15) is 12.4 Å². The van der Waals surface area contributed by atoms with Crippen LogP contribution in [0.3, 0.4) is 0 Å². The highest BCUT2D eigenvalue weighted by atomic mass is 16.5. The number of ether oxygens (including phenoxy) is 1. The molecule has 1 heterocycles. The molecule has 0 aliphatic rings. The summed E-state index contributed by atoms with van der Waals surface area (Å²) in [5, 5.41) is 2.77. The zero-order valence-electron chi connectivity index (χ0n) is 10.2. The van der Waals surface area contributed by atoms with Gasteiger partial charge in [0, 0.05) is 23.6 Å². The molecule has 19 heavy (non-hydrogen) atoms. The number of carbonyl (C=O) groups is 1. The second-order valence-corrected chi connectivity index (χ2v) is 3.71. The Morgan fingerprint density at radius 3 is 2.53 bits per heavy atom. The van der Waals surface area contributed by atoms with Crippen LogP contribution >= 0.6 is 0 Å². The molecule has 0 saturated carbocycles. The summed E-state index contributed by atoms with van der Waals surface area (Å²) in [5.41, 5.74) is 1.25. The fourth-order valence-electron chi connectivity index (χ4n) is 1.47. The van der Waals surface area contributed by atoms with Crippen molar-refractivity contribution >= 4 is 11.6 Å². The summed E-state index contributed by atoms with van der Waals surface area (Å²) in [6.07, 6.45) is 8.33. The van der Waals surface area contributed by atoms with Crippen molar-refractivity contribution in [3.63, 3.8) is 0 Å². The normalized spacial score (nSPS) is 9.42. The zero-order valence-corrected chi connectivity index (χ0v) is 10.2. The first-order valence-corrected chi connectivity index (χ1v) is 5.67. The number of pyridine rings is 1. The van der Waals surface area contributed by atoms with Crippen LogP contribution < -0.4 is 10.1 Å². The van der Waals surface area contributed by atoms with Crippen molar-refractivity contribution in [3.05, 3.63) is 54.4 Å². The van der Waals surface area contributed by atoms with Gasteiger partial charge in [0.25, 0.3) is 5.91 Å². The van der Waals surface area contributed by atoms with Crippen molar-refractivity contribution in [3.8, 4) is 18.1 Å². The Balaban J connectivity index is 2.02. The summed E-state index contributed by atoms with van der Waals surface area (Å²) in [6.45, 7) is 0.211. The lowest BCUT2D eigenvalue weighted by atomic mass is 10.2. The van der Waals surface area contributed by atoms with Crippen molar-refractivity contribution in [2.45, 2.75) is 0 Å². The van der Waals surface area contributed by atoms with Crippen molar-refractivity contribution < 1.29 is 9.53 Å². The first kappa shape index (κ1) is 12.7. The van der Waals surface area contributed by atoms with Crippen LogP contribution in [0.5, 0.6) is 5.75 Å². The van der Waals surface area contributed by atoms with Crippen LogP contribution in [0, 0.1) is 12.3 Å². The molecule has 0 atom stereocenters. The number of terminal acetylenes is 1. The average Bonchev–Trinajstić information content (AvgIpc) is 2.46. The quantitative estimate of drug-likeness (QED) is 0.850. The minimum Gasteiger partial charge on any atom is -0.481 e. The van der Waals surface area contributed by atoms with E-state index in [1.807, 2.05) is 0 Å². The molecule has 1 aromatic carbocycles. The van der Waals surface area contributed by atoms with Gasteiger partial charge >= 0.3 is 0 Å². The minimum absolute atomic E-state index is 0.185. The summed E-state index contributed by atoms with van der Waals surface area (Å²) in [6, 6.07) is 10.2. The number of rotatable bonds is 4. The number of hydrogen-bond acceptors (Lipinski definition) is 3. The molecule has 94 valence electrons. The van der Waals surface area contributed by atoms with E-state index in [4.69, 9.17) is 11.2 Å². The Labute approximate surface area is 111 Å². The SMILES string of the molecule is C#CCOc1ccc(C(=O)Nc2ccncc2)cc1. The van der Waals surface area contributed by atoms with Gasteiger partial charge in [-0.25, -0.2) is 0 Å². The molecule has 0 bridgehead atoms. The monoisotopic (exact) mass is 252 g/mol. The second-order valence-electron chi connectivity index (χ2n) is 3.71. The Kier molecular flexibility index (Phi) is 4.14. The molecule has 1 aromatic heterocycles. The summed E-state index contributed by atoms with van der Waals surface area (Å²) in [4.78, 5) is 15.8. The molecule has 4 heteroatoms. The van der Waals surface area contributed by atoms with E-state index >= 15 is 0 Å². The fourth-order valence-corrected chi connectivity index (χ4v) is 1.47. The number of nitrogens with one attached hydrogen (secondary N) is 1. The number of carbonyl (C=O) groups excluding carboxylic acids is 1. The molecule has 0 fully saturated rings. The standard InChI is InChI=1S/C15H12N2O2/c1-2-11-19-14-5-3-12(4-6-14)15(18)17-13-7-9-16-10-8-13/h1,3-10H,11H2,(H,16,17,18). The molecular formula is C15H12N2O2. The summed E-state index contributed by atoms with van der Waals surface area (Å²) < 4.78 is 5.23. The summed E-state index contributed by atoms with van der Waals surface area (Å²) in [7, 11) is 0. The number of hydrogen-bond donors (Lipinski definition) is 1. The molecule has 4 nitrogen and oxygen atoms in total. The lowest BCUT2D eigenvalue weighted by molar-refractivity contribution is 0.102. The van der Waals surface area contributed by atoms with Crippen LogP contribution in [0.15, 0.2) is 48.8 Å². The lowest BCUT2D eigenvalue weighted by Crippen LogP contribution is -2.11. The maximum absolute atomic E-state index is 11.9. The van der Waals surface area contributed by atoms with Crippen LogP contribution in [0.1, 0.15) is 10.4 Å². The second kappa shape index (κ2) is 6.22. The van der Waals surface area contributed by atoms with Gasteiger partial charge in [-0.2, -0.15) is 0 Å². The zero-order chi connectivity index (χ0) is 13.5. The average molecular weight is 252 g/mol. The summed E-state index contributed by atoms with van der Waals surface area (Å²) >= 11 is 0. The first-order chi connectivity index (χ1) is 9.29. The van der Waals surface area contributed by atoms with Gasteiger partial charge in [-0.05, 0) is 36.4 Å². The van der Waals surface area contributed by atoms with Gasteiger partial charge in [-0.1, -0.05) is 5.92 Å².